The van der Waals surface area contributed by atoms with Gasteiger partial charge in [0.15, 0.2) is 5.37 Å². The Hall–Kier alpha value is -2.31. The highest BCUT2D eigenvalue weighted by Gasteiger charge is 2.20. The quantitative estimate of drug-likeness (QED) is 0.426. The van der Waals surface area contributed by atoms with Gasteiger partial charge in [0.05, 0.1) is 0 Å². The second-order valence-electron chi connectivity index (χ2n) is 6.32. The highest BCUT2D eigenvalue weighted by atomic mass is 32.2. The van der Waals surface area contributed by atoms with Crippen molar-refractivity contribution in [2.24, 2.45) is 0 Å². The zero-order valence-corrected chi connectivity index (χ0v) is 15.7. The number of nitrogens with one attached hydrogen (secondary N) is 1. The van der Waals surface area contributed by atoms with Gasteiger partial charge in [-0.3, -0.25) is 4.55 Å². The van der Waals surface area contributed by atoms with Crippen LogP contribution in [0.2, 0.25) is 0 Å². The molecule has 0 saturated heterocycles. The fourth-order valence-electron chi connectivity index (χ4n) is 2.90. The Morgan fingerprint density at radius 2 is 1.40 bits per heavy atom. The summed E-state index contributed by atoms with van der Waals surface area (Å²) in [6.45, 7) is 11.2. The Labute approximate surface area is 149 Å². The standard InChI is InChI=1S/C19H24N2O3S/c1-6-17(25(22,23)24)21-19-13(4)9-16(10-14(19)5)15-7-11(2)18(20)12(3)8-15/h6-10,17,21H,1,20H2,2-5H3,(H,22,23,24). The topological polar surface area (TPSA) is 92.4 Å². The van der Waals surface area contributed by atoms with Crippen molar-refractivity contribution in [3.05, 3.63) is 59.2 Å². The van der Waals surface area contributed by atoms with E-state index in [2.05, 4.69) is 11.9 Å². The third kappa shape index (κ3) is 4.03. The molecule has 6 heteroatoms. The zero-order valence-electron chi connectivity index (χ0n) is 14.9. The van der Waals surface area contributed by atoms with Gasteiger partial charge >= 0.3 is 0 Å². The Morgan fingerprint density at radius 1 is 1.00 bits per heavy atom. The molecule has 0 radical (unpaired) electrons. The van der Waals surface area contributed by atoms with E-state index in [-0.39, 0.29) is 0 Å². The van der Waals surface area contributed by atoms with Crippen molar-refractivity contribution in [1.82, 2.24) is 0 Å². The van der Waals surface area contributed by atoms with Crippen LogP contribution in [0.3, 0.4) is 0 Å². The number of rotatable bonds is 5. The molecule has 2 rings (SSSR count). The molecule has 25 heavy (non-hydrogen) atoms. The lowest BCUT2D eigenvalue weighted by Crippen LogP contribution is -2.27. The van der Waals surface area contributed by atoms with Gasteiger partial charge in [-0.25, -0.2) is 0 Å². The van der Waals surface area contributed by atoms with E-state index in [4.69, 9.17) is 5.73 Å². The number of aryl methyl sites for hydroxylation is 4. The van der Waals surface area contributed by atoms with Gasteiger partial charge in [0.2, 0.25) is 0 Å². The molecule has 0 saturated carbocycles. The summed E-state index contributed by atoms with van der Waals surface area (Å²) in [6, 6.07) is 8.02. The van der Waals surface area contributed by atoms with Crippen molar-refractivity contribution in [3.8, 4) is 11.1 Å². The first-order chi connectivity index (χ1) is 11.5. The number of hydrogen-bond donors (Lipinski definition) is 3. The second-order valence-corrected chi connectivity index (χ2v) is 7.86. The first-order valence-corrected chi connectivity index (χ1v) is 9.38. The van der Waals surface area contributed by atoms with E-state index < -0.39 is 15.5 Å². The molecule has 0 aliphatic heterocycles. The number of hydrogen-bond acceptors (Lipinski definition) is 4. The van der Waals surface area contributed by atoms with Gasteiger partial charge in [-0.1, -0.05) is 12.7 Å². The van der Waals surface area contributed by atoms with Crippen LogP contribution in [0.15, 0.2) is 36.9 Å². The molecule has 5 nitrogen and oxygen atoms in total. The van der Waals surface area contributed by atoms with Crippen molar-refractivity contribution in [2.45, 2.75) is 33.1 Å². The average molecular weight is 360 g/mol. The minimum absolute atomic E-state index is 0.662. The Morgan fingerprint density at radius 3 is 1.76 bits per heavy atom. The summed E-state index contributed by atoms with van der Waals surface area (Å²) >= 11 is 0. The fourth-order valence-corrected chi connectivity index (χ4v) is 3.41. The maximum Gasteiger partial charge on any atom is 0.289 e. The molecule has 0 fully saturated rings. The predicted octanol–water partition coefficient (Wildman–Crippen LogP) is 3.98. The van der Waals surface area contributed by atoms with Crippen LogP contribution < -0.4 is 11.1 Å². The summed E-state index contributed by atoms with van der Waals surface area (Å²) < 4.78 is 32.1. The number of anilines is 2. The van der Waals surface area contributed by atoms with Gasteiger partial charge in [0, 0.05) is 11.4 Å². The van der Waals surface area contributed by atoms with E-state index >= 15 is 0 Å². The summed E-state index contributed by atoms with van der Waals surface area (Å²) in [5.74, 6) is 0. The summed E-state index contributed by atoms with van der Waals surface area (Å²) in [5, 5.41) is 1.59. The van der Waals surface area contributed by atoms with Crippen LogP contribution in [0, 0.1) is 27.7 Å². The van der Waals surface area contributed by atoms with Gasteiger partial charge < -0.3 is 11.1 Å². The fraction of sp³-hybridized carbons (Fsp3) is 0.263. The molecule has 0 aromatic heterocycles. The molecular formula is C19H24N2O3S. The lowest BCUT2D eigenvalue weighted by atomic mass is 9.95. The van der Waals surface area contributed by atoms with E-state index in [1.54, 1.807) is 0 Å². The van der Waals surface area contributed by atoms with Gasteiger partial charge in [-0.05, 0) is 85.3 Å². The van der Waals surface area contributed by atoms with Crippen LogP contribution in [0.1, 0.15) is 22.3 Å². The van der Waals surface area contributed by atoms with Crippen LogP contribution in [0.4, 0.5) is 11.4 Å². The maximum absolute atomic E-state index is 11.4. The van der Waals surface area contributed by atoms with Crippen molar-refractivity contribution in [2.75, 3.05) is 11.1 Å². The van der Waals surface area contributed by atoms with E-state index in [1.165, 1.54) is 0 Å². The number of nitrogen functional groups attached to an aromatic ring is 1. The molecule has 0 amide bonds. The second kappa shape index (κ2) is 6.90. The molecule has 0 aliphatic rings. The van der Waals surface area contributed by atoms with Crippen LogP contribution in [-0.2, 0) is 10.1 Å². The zero-order chi connectivity index (χ0) is 18.9. The maximum atomic E-state index is 11.4. The molecule has 134 valence electrons. The molecule has 1 atom stereocenters. The first-order valence-electron chi connectivity index (χ1n) is 7.88. The Bertz CT molecular complexity index is 888. The highest BCUT2D eigenvalue weighted by Crippen LogP contribution is 2.32. The molecule has 0 bridgehead atoms. The molecule has 0 heterocycles. The summed E-state index contributed by atoms with van der Waals surface area (Å²) in [6.07, 6.45) is 1.16. The third-order valence-corrected chi connectivity index (χ3v) is 5.23. The summed E-state index contributed by atoms with van der Waals surface area (Å²) in [4.78, 5) is 0. The van der Waals surface area contributed by atoms with Gasteiger partial charge in [-0.2, -0.15) is 8.42 Å². The molecule has 0 aliphatic carbocycles. The van der Waals surface area contributed by atoms with E-state index in [1.807, 2.05) is 52.0 Å². The van der Waals surface area contributed by atoms with E-state index in [0.29, 0.717) is 5.69 Å². The molecule has 1 unspecified atom stereocenters. The monoisotopic (exact) mass is 360 g/mol. The average Bonchev–Trinajstić information content (AvgIpc) is 2.50. The minimum Gasteiger partial charge on any atom is -0.398 e. The van der Waals surface area contributed by atoms with E-state index in [9.17, 15) is 13.0 Å². The normalized spacial score (nSPS) is 12.7. The van der Waals surface area contributed by atoms with Crippen LogP contribution in [-0.4, -0.2) is 18.3 Å². The number of benzene rings is 2. The molecule has 4 N–H and O–H groups in total. The van der Waals surface area contributed by atoms with Crippen LogP contribution in [0.5, 0.6) is 0 Å². The molecular weight excluding hydrogens is 336 g/mol. The predicted molar refractivity (Wildman–Crippen MR) is 104 cm³/mol. The minimum atomic E-state index is -4.27. The lowest BCUT2D eigenvalue weighted by molar-refractivity contribution is 0.478. The van der Waals surface area contributed by atoms with Crippen molar-refractivity contribution in [3.63, 3.8) is 0 Å². The van der Waals surface area contributed by atoms with Crippen molar-refractivity contribution >= 4 is 21.5 Å². The number of nitrogens with two attached hydrogens (primary N) is 1. The van der Waals surface area contributed by atoms with Crippen molar-refractivity contribution < 1.29 is 13.0 Å². The van der Waals surface area contributed by atoms with E-state index in [0.717, 1.165) is 45.1 Å². The summed E-state index contributed by atoms with van der Waals surface area (Å²) in [5.41, 5.74) is 13.3. The van der Waals surface area contributed by atoms with Crippen molar-refractivity contribution in [1.29, 1.82) is 0 Å². The van der Waals surface area contributed by atoms with Gasteiger partial charge in [-0.15, -0.1) is 0 Å². The van der Waals surface area contributed by atoms with Gasteiger partial charge in [0.25, 0.3) is 10.1 Å². The third-order valence-electron chi connectivity index (χ3n) is 4.28. The largest absolute Gasteiger partial charge is 0.398 e. The molecule has 2 aromatic rings. The Balaban J connectivity index is 2.49. The Kier molecular flexibility index (Phi) is 5.25. The first kappa shape index (κ1) is 19.0. The van der Waals surface area contributed by atoms with Crippen LogP contribution in [0.25, 0.3) is 11.1 Å². The summed E-state index contributed by atoms with van der Waals surface area (Å²) in [7, 11) is -4.27. The highest BCUT2D eigenvalue weighted by molar-refractivity contribution is 7.86. The molecule has 2 aromatic carbocycles. The lowest BCUT2D eigenvalue weighted by Gasteiger charge is -2.19. The SMILES string of the molecule is C=CC(Nc1c(C)cc(-c2cc(C)c(N)c(C)c2)cc1C)S(=O)(=O)O. The molecule has 0 spiro atoms. The van der Waals surface area contributed by atoms with Gasteiger partial charge in [0.1, 0.15) is 0 Å². The smallest absolute Gasteiger partial charge is 0.289 e. The van der Waals surface area contributed by atoms with Crippen LogP contribution >= 0.6 is 0 Å².